The Bertz CT molecular complexity index is 289. The Balaban J connectivity index is 1.97. The number of hydrogen-bond donors (Lipinski definition) is 2. The van der Waals surface area contributed by atoms with Crippen molar-refractivity contribution in [3.8, 4) is 0 Å². The number of hydrazine groups is 1. The summed E-state index contributed by atoms with van der Waals surface area (Å²) in [6.45, 7) is 0. The van der Waals surface area contributed by atoms with Crippen molar-refractivity contribution < 1.29 is 0 Å². The van der Waals surface area contributed by atoms with Crippen LogP contribution in [0.25, 0.3) is 0 Å². The molecule has 2 atom stereocenters. The van der Waals surface area contributed by atoms with Crippen LogP contribution in [0.1, 0.15) is 25.7 Å². The van der Waals surface area contributed by atoms with Gasteiger partial charge in [-0.15, -0.1) is 11.8 Å². The number of rotatable bonds is 3. The maximum Gasteiger partial charge on any atom is 0.0332 e. The van der Waals surface area contributed by atoms with Crippen molar-refractivity contribution in [2.45, 2.75) is 41.9 Å². The predicted molar refractivity (Wildman–Crippen MR) is 65.7 cm³/mol. The van der Waals surface area contributed by atoms with Gasteiger partial charge in [-0.3, -0.25) is 11.3 Å². The summed E-state index contributed by atoms with van der Waals surface area (Å²) >= 11 is 1.95. The molecule has 0 spiro atoms. The van der Waals surface area contributed by atoms with Crippen LogP contribution in [-0.2, 0) is 0 Å². The van der Waals surface area contributed by atoms with E-state index < -0.39 is 0 Å². The second kappa shape index (κ2) is 5.54. The summed E-state index contributed by atoms with van der Waals surface area (Å²) in [5.74, 6) is 5.58. The lowest BCUT2D eigenvalue weighted by Gasteiger charge is -2.30. The highest BCUT2D eigenvalue weighted by Gasteiger charge is 2.24. The molecule has 1 aromatic rings. The van der Waals surface area contributed by atoms with E-state index in [1.54, 1.807) is 0 Å². The Hall–Kier alpha value is -0.510. The summed E-state index contributed by atoms with van der Waals surface area (Å²) in [5.41, 5.74) is 2.95. The molecular formula is C12H18N2S. The topological polar surface area (TPSA) is 38.0 Å². The molecule has 0 radical (unpaired) electrons. The Morgan fingerprint density at radius 2 is 1.87 bits per heavy atom. The van der Waals surface area contributed by atoms with Gasteiger partial charge in [0.25, 0.3) is 0 Å². The second-order valence-corrected chi connectivity index (χ2v) is 5.34. The summed E-state index contributed by atoms with van der Waals surface area (Å²) < 4.78 is 0. The molecule has 1 aliphatic rings. The molecule has 1 fully saturated rings. The predicted octanol–water partition coefficient (Wildman–Crippen LogP) is 2.55. The Morgan fingerprint density at radius 3 is 2.60 bits per heavy atom. The third-order valence-electron chi connectivity index (χ3n) is 2.95. The highest BCUT2D eigenvalue weighted by molar-refractivity contribution is 8.00. The lowest BCUT2D eigenvalue weighted by atomic mass is 9.95. The molecule has 0 amide bonds. The Morgan fingerprint density at radius 1 is 1.13 bits per heavy atom. The Kier molecular flexibility index (Phi) is 4.06. The van der Waals surface area contributed by atoms with E-state index in [9.17, 15) is 0 Å². The van der Waals surface area contributed by atoms with Gasteiger partial charge in [0.15, 0.2) is 0 Å². The number of benzene rings is 1. The normalized spacial score (nSPS) is 26.5. The molecule has 2 rings (SSSR count). The van der Waals surface area contributed by atoms with E-state index in [1.165, 1.54) is 30.6 Å². The number of nitrogens with two attached hydrogens (primary N) is 1. The third-order valence-corrected chi connectivity index (χ3v) is 4.36. The van der Waals surface area contributed by atoms with Gasteiger partial charge in [-0.1, -0.05) is 31.0 Å². The molecule has 2 nitrogen and oxygen atoms in total. The first-order chi connectivity index (χ1) is 7.40. The fraction of sp³-hybridized carbons (Fsp3) is 0.500. The van der Waals surface area contributed by atoms with E-state index in [0.29, 0.717) is 11.3 Å². The van der Waals surface area contributed by atoms with Crippen LogP contribution in [0, 0.1) is 0 Å². The highest BCUT2D eigenvalue weighted by atomic mass is 32.2. The molecule has 0 bridgehead atoms. The highest BCUT2D eigenvalue weighted by Crippen LogP contribution is 2.33. The number of hydrogen-bond acceptors (Lipinski definition) is 3. The minimum atomic E-state index is 0.476. The SMILES string of the molecule is NNC1CCCCC1Sc1ccccc1. The van der Waals surface area contributed by atoms with Gasteiger partial charge in [-0.2, -0.15) is 0 Å². The molecule has 82 valence electrons. The first-order valence-electron chi connectivity index (χ1n) is 5.58. The van der Waals surface area contributed by atoms with Gasteiger partial charge in [0.05, 0.1) is 0 Å². The van der Waals surface area contributed by atoms with Crippen LogP contribution >= 0.6 is 11.8 Å². The van der Waals surface area contributed by atoms with Gasteiger partial charge in [0, 0.05) is 16.2 Å². The molecule has 1 saturated carbocycles. The fourth-order valence-corrected chi connectivity index (χ4v) is 3.43. The molecule has 0 aromatic heterocycles. The van der Waals surface area contributed by atoms with E-state index in [-0.39, 0.29) is 0 Å². The molecule has 1 aliphatic carbocycles. The summed E-state index contributed by atoms with van der Waals surface area (Å²) in [5, 5.41) is 0.631. The van der Waals surface area contributed by atoms with Gasteiger partial charge < -0.3 is 0 Å². The number of thioether (sulfide) groups is 1. The van der Waals surface area contributed by atoms with Crippen molar-refractivity contribution in [2.75, 3.05) is 0 Å². The third kappa shape index (κ3) is 2.97. The van der Waals surface area contributed by atoms with Crippen LogP contribution in [0.15, 0.2) is 35.2 Å². The summed E-state index contributed by atoms with van der Waals surface area (Å²) in [7, 11) is 0. The van der Waals surface area contributed by atoms with Crippen LogP contribution in [0.4, 0.5) is 0 Å². The molecule has 3 N–H and O–H groups in total. The van der Waals surface area contributed by atoms with Crippen LogP contribution < -0.4 is 11.3 Å². The van der Waals surface area contributed by atoms with Crippen LogP contribution in [0.5, 0.6) is 0 Å². The zero-order chi connectivity index (χ0) is 10.5. The van der Waals surface area contributed by atoms with Crippen molar-refractivity contribution in [3.63, 3.8) is 0 Å². The standard InChI is InChI=1S/C12H18N2S/c13-14-11-8-4-5-9-12(11)15-10-6-2-1-3-7-10/h1-3,6-7,11-12,14H,4-5,8-9,13H2. The van der Waals surface area contributed by atoms with E-state index in [1.807, 2.05) is 11.8 Å². The minimum absolute atomic E-state index is 0.476. The smallest absolute Gasteiger partial charge is 0.0332 e. The van der Waals surface area contributed by atoms with Gasteiger partial charge >= 0.3 is 0 Å². The van der Waals surface area contributed by atoms with Gasteiger partial charge in [-0.05, 0) is 25.0 Å². The zero-order valence-electron chi connectivity index (χ0n) is 8.86. The maximum atomic E-state index is 5.58. The van der Waals surface area contributed by atoms with Crippen molar-refractivity contribution in [1.29, 1.82) is 0 Å². The lowest BCUT2D eigenvalue weighted by Crippen LogP contribution is -2.44. The van der Waals surface area contributed by atoms with E-state index in [0.717, 1.165) is 0 Å². The fourth-order valence-electron chi connectivity index (χ4n) is 2.10. The van der Waals surface area contributed by atoms with Gasteiger partial charge in [0.1, 0.15) is 0 Å². The van der Waals surface area contributed by atoms with Gasteiger partial charge in [0.2, 0.25) is 0 Å². The first-order valence-corrected chi connectivity index (χ1v) is 6.46. The van der Waals surface area contributed by atoms with Crippen molar-refractivity contribution >= 4 is 11.8 Å². The molecule has 1 aromatic carbocycles. The largest absolute Gasteiger partial charge is 0.271 e. The zero-order valence-corrected chi connectivity index (χ0v) is 9.67. The first kappa shape index (κ1) is 11.0. The number of nitrogens with one attached hydrogen (secondary N) is 1. The van der Waals surface area contributed by atoms with E-state index in [2.05, 4.69) is 35.8 Å². The summed E-state index contributed by atoms with van der Waals surface area (Å²) in [6.07, 6.45) is 5.12. The minimum Gasteiger partial charge on any atom is -0.271 e. The maximum absolute atomic E-state index is 5.58. The lowest BCUT2D eigenvalue weighted by molar-refractivity contribution is 0.390. The van der Waals surface area contributed by atoms with Crippen molar-refractivity contribution in [3.05, 3.63) is 30.3 Å². The van der Waals surface area contributed by atoms with Crippen LogP contribution in [-0.4, -0.2) is 11.3 Å². The molecular weight excluding hydrogens is 204 g/mol. The van der Waals surface area contributed by atoms with E-state index >= 15 is 0 Å². The Labute approximate surface area is 95.6 Å². The van der Waals surface area contributed by atoms with Gasteiger partial charge in [-0.25, -0.2) is 0 Å². The second-order valence-electron chi connectivity index (χ2n) is 4.03. The summed E-state index contributed by atoms with van der Waals surface area (Å²) in [4.78, 5) is 1.35. The van der Waals surface area contributed by atoms with Crippen molar-refractivity contribution in [2.24, 2.45) is 5.84 Å². The average Bonchev–Trinajstić information content (AvgIpc) is 2.31. The molecule has 0 aliphatic heterocycles. The average molecular weight is 222 g/mol. The summed E-state index contributed by atoms with van der Waals surface area (Å²) in [6, 6.07) is 11.1. The molecule has 3 heteroatoms. The molecule has 15 heavy (non-hydrogen) atoms. The molecule has 0 saturated heterocycles. The quantitative estimate of drug-likeness (QED) is 0.610. The van der Waals surface area contributed by atoms with Crippen LogP contribution in [0.2, 0.25) is 0 Å². The monoisotopic (exact) mass is 222 g/mol. The van der Waals surface area contributed by atoms with E-state index in [4.69, 9.17) is 5.84 Å². The van der Waals surface area contributed by atoms with Crippen LogP contribution in [0.3, 0.4) is 0 Å². The molecule has 2 unspecified atom stereocenters. The van der Waals surface area contributed by atoms with Crippen molar-refractivity contribution in [1.82, 2.24) is 5.43 Å². The molecule has 0 heterocycles.